The fourth-order valence-electron chi connectivity index (χ4n) is 4.33. The summed E-state index contributed by atoms with van der Waals surface area (Å²) in [5.74, 6) is 1.19. The van der Waals surface area contributed by atoms with Gasteiger partial charge in [-0.2, -0.15) is 8.42 Å². The van der Waals surface area contributed by atoms with E-state index in [1.54, 1.807) is 6.08 Å². The first-order valence-corrected chi connectivity index (χ1v) is 12.1. The molecule has 1 aromatic carbocycles. The van der Waals surface area contributed by atoms with Gasteiger partial charge in [0.25, 0.3) is 0 Å². The smallest absolute Gasteiger partial charge is 0.323 e. The number of nitrogens with one attached hydrogen (secondary N) is 1. The number of carbonyl (C=O) groups excluding carboxylic acids is 1. The average Bonchev–Trinajstić information content (AvgIpc) is 3.03. The molecule has 1 N–H and O–H groups in total. The molecule has 2 fully saturated rings. The summed E-state index contributed by atoms with van der Waals surface area (Å²) < 4.78 is 31.6. The molecule has 176 valence electrons. The quantitative estimate of drug-likeness (QED) is 0.619. The Hall–Kier alpha value is -1.54. The Labute approximate surface area is 188 Å². The van der Waals surface area contributed by atoms with E-state index in [9.17, 15) is 13.2 Å². The summed E-state index contributed by atoms with van der Waals surface area (Å²) in [5, 5.41) is 2.75. The van der Waals surface area contributed by atoms with Gasteiger partial charge in [-0.05, 0) is 50.3 Å². The van der Waals surface area contributed by atoms with Crippen molar-refractivity contribution in [1.29, 1.82) is 0 Å². The Kier molecular flexibility index (Phi) is 10.6. The molecular weight excluding hydrogens is 414 g/mol. The summed E-state index contributed by atoms with van der Waals surface area (Å²) in [5.41, 5.74) is 1.31. The monoisotopic (exact) mass is 453 g/mol. The van der Waals surface area contributed by atoms with Crippen LogP contribution in [0.1, 0.15) is 52.0 Å². The molecule has 0 aliphatic heterocycles. The molecule has 3 rings (SSSR count). The van der Waals surface area contributed by atoms with Crippen LogP contribution in [-0.4, -0.2) is 41.5 Å². The minimum atomic E-state index is -3.91. The van der Waals surface area contributed by atoms with Gasteiger partial charge in [0.15, 0.2) is 0 Å². The molecule has 3 unspecified atom stereocenters. The highest BCUT2D eigenvalue weighted by atomic mass is 32.3. The lowest BCUT2D eigenvalue weighted by Crippen LogP contribution is -2.32. The highest BCUT2D eigenvalue weighted by Crippen LogP contribution is 2.63. The number of rotatable bonds is 7. The number of Topliss-reactive ketones (excluding diaryl/α,β-unsaturated/α-hetero) is 1. The van der Waals surface area contributed by atoms with Gasteiger partial charge in [0.2, 0.25) is 0 Å². The van der Waals surface area contributed by atoms with Crippen LogP contribution in [0.15, 0.2) is 43.0 Å². The van der Waals surface area contributed by atoms with Crippen LogP contribution in [0.3, 0.4) is 0 Å². The summed E-state index contributed by atoms with van der Waals surface area (Å²) in [6.07, 6.45) is 5.33. The number of hydrogen-bond donors (Lipinski definition) is 1. The maximum atomic E-state index is 11.6. The van der Waals surface area contributed by atoms with Crippen LogP contribution < -0.4 is 5.32 Å². The maximum Gasteiger partial charge on any atom is 0.399 e. The molecule has 0 amide bonds. The van der Waals surface area contributed by atoms with Crippen LogP contribution in [0.4, 0.5) is 0 Å². The van der Waals surface area contributed by atoms with E-state index in [0.717, 1.165) is 25.5 Å². The zero-order chi connectivity index (χ0) is 23.7. The normalized spacial score (nSPS) is 24.5. The summed E-state index contributed by atoms with van der Waals surface area (Å²) in [6.45, 7) is 10.3. The van der Waals surface area contributed by atoms with Gasteiger partial charge in [0.05, 0.1) is 13.2 Å². The first-order valence-electron chi connectivity index (χ1n) is 10.7. The second-order valence-corrected chi connectivity index (χ2v) is 10.3. The largest absolute Gasteiger partial charge is 0.399 e. The van der Waals surface area contributed by atoms with E-state index in [-0.39, 0.29) is 10.8 Å². The van der Waals surface area contributed by atoms with Crippen LogP contribution in [0.25, 0.3) is 0 Å². The summed E-state index contributed by atoms with van der Waals surface area (Å²) in [4.78, 5) is 11.6. The Morgan fingerprint density at radius 2 is 1.81 bits per heavy atom. The Bertz CT molecular complexity index is 807. The SMILES string of the molecule is C=CCC(Cc1ccccc1)OS(=O)(=O)OC.CC12CCC(CC1=O)C2(C)C.CNC. The third-order valence-corrected chi connectivity index (χ3v) is 7.59. The van der Waals surface area contributed by atoms with Gasteiger partial charge < -0.3 is 5.32 Å². The van der Waals surface area contributed by atoms with E-state index in [2.05, 4.69) is 36.9 Å². The molecule has 31 heavy (non-hydrogen) atoms. The molecule has 0 spiro atoms. The first kappa shape index (κ1) is 27.5. The van der Waals surface area contributed by atoms with Crippen molar-refractivity contribution in [2.24, 2.45) is 16.7 Å². The van der Waals surface area contributed by atoms with Crippen molar-refractivity contribution in [2.45, 2.75) is 59.0 Å². The van der Waals surface area contributed by atoms with Crippen molar-refractivity contribution < 1.29 is 21.6 Å². The minimum Gasteiger partial charge on any atom is -0.323 e. The molecule has 0 saturated heterocycles. The van der Waals surface area contributed by atoms with Crippen LogP contribution >= 0.6 is 0 Å². The average molecular weight is 454 g/mol. The number of benzene rings is 1. The van der Waals surface area contributed by atoms with E-state index in [0.29, 0.717) is 24.5 Å². The molecule has 0 aromatic heterocycles. The zero-order valence-corrected chi connectivity index (χ0v) is 20.6. The Balaban J connectivity index is 0.000000292. The molecule has 0 heterocycles. The van der Waals surface area contributed by atoms with Crippen molar-refractivity contribution in [3.8, 4) is 0 Å². The fourth-order valence-corrected chi connectivity index (χ4v) is 4.89. The molecule has 0 radical (unpaired) electrons. The molecule has 3 atom stereocenters. The van der Waals surface area contributed by atoms with Gasteiger partial charge in [-0.15, -0.1) is 6.58 Å². The van der Waals surface area contributed by atoms with Gasteiger partial charge in [-0.1, -0.05) is 57.2 Å². The maximum absolute atomic E-state index is 11.6. The van der Waals surface area contributed by atoms with E-state index in [1.807, 2.05) is 44.4 Å². The third kappa shape index (κ3) is 7.24. The van der Waals surface area contributed by atoms with E-state index >= 15 is 0 Å². The van der Waals surface area contributed by atoms with Gasteiger partial charge in [-0.25, -0.2) is 4.18 Å². The number of fused-ring (bicyclic) bond motifs is 2. The predicted octanol–water partition coefficient (Wildman–Crippen LogP) is 4.32. The van der Waals surface area contributed by atoms with E-state index < -0.39 is 16.5 Å². The third-order valence-electron chi connectivity index (χ3n) is 6.68. The summed E-state index contributed by atoms with van der Waals surface area (Å²) in [7, 11) is 0.913. The number of ketones is 1. The molecule has 2 bridgehead atoms. The lowest BCUT2D eigenvalue weighted by Gasteiger charge is -2.32. The molecule has 6 nitrogen and oxygen atoms in total. The van der Waals surface area contributed by atoms with Gasteiger partial charge in [0, 0.05) is 18.3 Å². The molecule has 2 saturated carbocycles. The van der Waals surface area contributed by atoms with Gasteiger partial charge in [-0.3, -0.25) is 8.98 Å². The van der Waals surface area contributed by atoms with Crippen LogP contribution in [0, 0.1) is 16.7 Å². The number of carbonyl (C=O) groups is 1. The van der Waals surface area contributed by atoms with Crippen molar-refractivity contribution >= 4 is 16.2 Å². The van der Waals surface area contributed by atoms with Crippen molar-refractivity contribution in [3.63, 3.8) is 0 Å². The van der Waals surface area contributed by atoms with E-state index in [4.69, 9.17) is 4.18 Å². The second-order valence-electron chi connectivity index (χ2n) is 8.92. The lowest BCUT2D eigenvalue weighted by molar-refractivity contribution is -0.128. The summed E-state index contributed by atoms with van der Waals surface area (Å²) >= 11 is 0. The lowest BCUT2D eigenvalue weighted by atomic mass is 9.70. The summed E-state index contributed by atoms with van der Waals surface area (Å²) in [6, 6.07) is 9.52. The van der Waals surface area contributed by atoms with Crippen molar-refractivity contribution in [3.05, 3.63) is 48.6 Å². The highest BCUT2D eigenvalue weighted by molar-refractivity contribution is 7.81. The molecule has 7 heteroatoms. The first-order chi connectivity index (χ1) is 14.5. The fraction of sp³-hybridized carbons (Fsp3) is 0.625. The van der Waals surface area contributed by atoms with Crippen LogP contribution in [0.5, 0.6) is 0 Å². The number of hydrogen-bond acceptors (Lipinski definition) is 6. The van der Waals surface area contributed by atoms with Crippen LogP contribution in [0.2, 0.25) is 0 Å². The van der Waals surface area contributed by atoms with Gasteiger partial charge in [0.1, 0.15) is 5.78 Å². The topological polar surface area (TPSA) is 81.7 Å². The molecule has 2 aliphatic carbocycles. The molecule has 1 aromatic rings. The highest BCUT2D eigenvalue weighted by Gasteiger charge is 2.61. The van der Waals surface area contributed by atoms with Crippen molar-refractivity contribution in [1.82, 2.24) is 5.32 Å². The van der Waals surface area contributed by atoms with Gasteiger partial charge >= 0.3 is 10.4 Å². The van der Waals surface area contributed by atoms with E-state index in [1.165, 1.54) is 6.42 Å². The molecule has 2 aliphatic rings. The predicted molar refractivity (Wildman–Crippen MR) is 125 cm³/mol. The Morgan fingerprint density at radius 3 is 2.16 bits per heavy atom. The zero-order valence-electron chi connectivity index (χ0n) is 19.8. The minimum absolute atomic E-state index is 0.0255. The molecular formula is C24H39NO5S. The van der Waals surface area contributed by atoms with Crippen molar-refractivity contribution in [2.75, 3.05) is 21.2 Å². The second kappa shape index (κ2) is 11.9. The standard InChI is InChI=1S/C12H16O4S.C10H16O.C2H7N/c1-3-7-12(16-17(13,14)15-2)10-11-8-5-4-6-9-11;1-9(2)7-4-5-10(9,3)8(11)6-7;1-3-2/h3-6,8-9,12H,1,7,10H2,2H3;7H,4-6H2,1-3H3;3H,1-2H3. The van der Waals surface area contributed by atoms with Crippen LogP contribution in [-0.2, 0) is 30.0 Å². The Morgan fingerprint density at radius 1 is 1.23 bits per heavy atom.